The Morgan fingerprint density at radius 2 is 2.08 bits per heavy atom. The molecule has 1 N–H and O–H groups in total. The smallest absolute Gasteiger partial charge is 0.0872 e. The zero-order chi connectivity index (χ0) is 8.60. The van der Waals surface area contributed by atoms with Gasteiger partial charge in [0.2, 0.25) is 0 Å². The normalized spacial score (nSPS) is 29.5. The molecule has 2 rings (SSSR count). The number of aliphatic hydroxyl groups is 1. The van der Waals surface area contributed by atoms with E-state index in [0.717, 1.165) is 19.0 Å². The van der Waals surface area contributed by atoms with E-state index in [2.05, 4.69) is 4.90 Å². The first-order valence-electron chi connectivity index (χ1n) is 5.10. The van der Waals surface area contributed by atoms with Crippen molar-refractivity contribution in [3.63, 3.8) is 0 Å². The van der Waals surface area contributed by atoms with Crippen LogP contribution < -0.4 is 0 Å². The summed E-state index contributed by atoms with van der Waals surface area (Å²) in [6.07, 6.45) is 5.70. The molecule has 1 saturated heterocycles. The van der Waals surface area contributed by atoms with Gasteiger partial charge in [0.05, 0.1) is 5.60 Å². The van der Waals surface area contributed by atoms with Crippen molar-refractivity contribution in [1.82, 2.24) is 4.90 Å². The lowest BCUT2D eigenvalue weighted by atomic mass is 9.82. The molecule has 70 valence electrons. The molecule has 12 heavy (non-hydrogen) atoms. The Labute approximate surface area is 74.6 Å². The van der Waals surface area contributed by atoms with Crippen LogP contribution in [-0.2, 0) is 0 Å². The van der Waals surface area contributed by atoms with Crippen LogP contribution in [0.5, 0.6) is 0 Å². The molecule has 2 aliphatic rings. The van der Waals surface area contributed by atoms with Crippen LogP contribution in [0.3, 0.4) is 0 Å². The Hall–Kier alpha value is -0.0800. The predicted molar refractivity (Wildman–Crippen MR) is 49.0 cm³/mol. The SMILES string of the molecule is CC1(O)CN(CCC2CCC2)C1. The number of likely N-dealkylation sites (tertiary alicyclic amines) is 1. The van der Waals surface area contributed by atoms with Gasteiger partial charge in [0.1, 0.15) is 0 Å². The number of rotatable bonds is 3. The minimum Gasteiger partial charge on any atom is -0.388 e. The van der Waals surface area contributed by atoms with Gasteiger partial charge in [0.15, 0.2) is 0 Å². The van der Waals surface area contributed by atoms with E-state index in [9.17, 15) is 5.11 Å². The van der Waals surface area contributed by atoms with E-state index in [1.165, 1.54) is 32.2 Å². The summed E-state index contributed by atoms with van der Waals surface area (Å²) in [7, 11) is 0. The van der Waals surface area contributed by atoms with Crippen LogP contribution >= 0.6 is 0 Å². The fourth-order valence-electron chi connectivity index (χ4n) is 2.22. The van der Waals surface area contributed by atoms with Gasteiger partial charge in [-0.2, -0.15) is 0 Å². The summed E-state index contributed by atoms with van der Waals surface area (Å²) >= 11 is 0. The average molecular weight is 169 g/mol. The van der Waals surface area contributed by atoms with Gasteiger partial charge in [-0.15, -0.1) is 0 Å². The third kappa shape index (κ3) is 1.80. The second kappa shape index (κ2) is 3.00. The van der Waals surface area contributed by atoms with Crippen molar-refractivity contribution in [3.8, 4) is 0 Å². The van der Waals surface area contributed by atoms with Gasteiger partial charge >= 0.3 is 0 Å². The summed E-state index contributed by atoms with van der Waals surface area (Å²) in [6.45, 7) is 4.91. The quantitative estimate of drug-likeness (QED) is 0.687. The molecule has 0 atom stereocenters. The summed E-state index contributed by atoms with van der Waals surface area (Å²) in [5.41, 5.74) is -0.375. The van der Waals surface area contributed by atoms with Gasteiger partial charge in [-0.1, -0.05) is 19.3 Å². The molecular formula is C10H19NO. The molecule has 0 unspecified atom stereocenters. The molecule has 0 bridgehead atoms. The molecule has 0 radical (unpaired) electrons. The van der Waals surface area contributed by atoms with E-state index in [-0.39, 0.29) is 5.60 Å². The van der Waals surface area contributed by atoms with Gasteiger partial charge in [-0.3, -0.25) is 4.90 Å². The van der Waals surface area contributed by atoms with Crippen LogP contribution in [0.25, 0.3) is 0 Å². The summed E-state index contributed by atoms with van der Waals surface area (Å²) < 4.78 is 0. The van der Waals surface area contributed by atoms with Crippen molar-refractivity contribution in [3.05, 3.63) is 0 Å². The molecule has 0 aromatic heterocycles. The van der Waals surface area contributed by atoms with Gasteiger partial charge in [-0.25, -0.2) is 0 Å². The monoisotopic (exact) mass is 169 g/mol. The molecule has 2 fully saturated rings. The molecule has 1 heterocycles. The van der Waals surface area contributed by atoms with Crippen molar-refractivity contribution in [1.29, 1.82) is 0 Å². The maximum absolute atomic E-state index is 9.48. The van der Waals surface area contributed by atoms with E-state index in [4.69, 9.17) is 0 Å². The molecule has 0 spiro atoms. The van der Waals surface area contributed by atoms with Crippen LogP contribution in [0.4, 0.5) is 0 Å². The Bertz CT molecular complexity index is 155. The van der Waals surface area contributed by atoms with Gasteiger partial charge in [0, 0.05) is 13.1 Å². The topological polar surface area (TPSA) is 23.5 Å². The third-order valence-electron chi connectivity index (χ3n) is 3.21. The van der Waals surface area contributed by atoms with E-state index in [1.54, 1.807) is 0 Å². The van der Waals surface area contributed by atoms with Gasteiger partial charge in [-0.05, 0) is 25.8 Å². The van der Waals surface area contributed by atoms with Crippen molar-refractivity contribution in [2.75, 3.05) is 19.6 Å². The Kier molecular flexibility index (Phi) is 2.13. The molecule has 1 aliphatic heterocycles. The zero-order valence-corrected chi connectivity index (χ0v) is 7.92. The number of hydrogen-bond donors (Lipinski definition) is 1. The molecule has 1 aliphatic carbocycles. The highest BCUT2D eigenvalue weighted by atomic mass is 16.3. The molecule has 0 aromatic rings. The fourth-order valence-corrected chi connectivity index (χ4v) is 2.22. The molecule has 2 heteroatoms. The lowest BCUT2D eigenvalue weighted by Gasteiger charge is -2.45. The molecule has 0 aromatic carbocycles. The highest BCUT2D eigenvalue weighted by Crippen LogP contribution is 2.30. The third-order valence-corrected chi connectivity index (χ3v) is 3.21. The van der Waals surface area contributed by atoms with Crippen LogP contribution in [0.15, 0.2) is 0 Å². The lowest BCUT2D eigenvalue weighted by Crippen LogP contribution is -2.60. The Morgan fingerprint density at radius 3 is 2.50 bits per heavy atom. The summed E-state index contributed by atoms with van der Waals surface area (Å²) in [6, 6.07) is 0. The molecule has 1 saturated carbocycles. The minimum atomic E-state index is -0.375. The molecular weight excluding hydrogens is 150 g/mol. The first kappa shape index (κ1) is 8.52. The van der Waals surface area contributed by atoms with Crippen molar-refractivity contribution in [2.45, 2.75) is 38.2 Å². The standard InChI is InChI=1S/C10H19NO/c1-10(12)7-11(8-10)6-5-9-3-2-4-9/h9,12H,2-8H2,1H3. The first-order valence-corrected chi connectivity index (χ1v) is 5.10. The molecule has 2 nitrogen and oxygen atoms in total. The fraction of sp³-hybridized carbons (Fsp3) is 1.00. The van der Waals surface area contributed by atoms with Crippen LogP contribution in [0.1, 0.15) is 32.6 Å². The second-order valence-electron chi connectivity index (χ2n) is 4.79. The van der Waals surface area contributed by atoms with Crippen molar-refractivity contribution < 1.29 is 5.11 Å². The Morgan fingerprint density at radius 1 is 1.42 bits per heavy atom. The Balaban J connectivity index is 1.57. The van der Waals surface area contributed by atoms with Gasteiger partial charge < -0.3 is 5.11 Å². The van der Waals surface area contributed by atoms with E-state index >= 15 is 0 Å². The van der Waals surface area contributed by atoms with Gasteiger partial charge in [0.25, 0.3) is 0 Å². The molecule has 0 amide bonds. The zero-order valence-electron chi connectivity index (χ0n) is 7.92. The predicted octanol–water partition coefficient (Wildman–Crippen LogP) is 1.24. The maximum Gasteiger partial charge on any atom is 0.0872 e. The van der Waals surface area contributed by atoms with Crippen LogP contribution in [-0.4, -0.2) is 35.2 Å². The largest absolute Gasteiger partial charge is 0.388 e. The summed E-state index contributed by atoms with van der Waals surface area (Å²) in [5, 5.41) is 9.48. The van der Waals surface area contributed by atoms with E-state index < -0.39 is 0 Å². The maximum atomic E-state index is 9.48. The number of β-amino-alcohol motifs (C(OH)–C–C–N with tert-alkyl or cyclic N) is 1. The number of nitrogens with zero attached hydrogens (tertiary/aromatic N) is 1. The van der Waals surface area contributed by atoms with E-state index in [0.29, 0.717) is 0 Å². The second-order valence-corrected chi connectivity index (χ2v) is 4.79. The number of hydrogen-bond acceptors (Lipinski definition) is 2. The van der Waals surface area contributed by atoms with Crippen molar-refractivity contribution in [2.24, 2.45) is 5.92 Å². The van der Waals surface area contributed by atoms with Crippen LogP contribution in [0.2, 0.25) is 0 Å². The highest BCUT2D eigenvalue weighted by Gasteiger charge is 2.36. The summed E-state index contributed by atoms with van der Waals surface area (Å²) in [5.74, 6) is 1.01. The van der Waals surface area contributed by atoms with E-state index in [1.807, 2.05) is 6.92 Å². The lowest BCUT2D eigenvalue weighted by molar-refractivity contribution is -0.0853. The average Bonchev–Trinajstić information content (AvgIpc) is 1.79. The minimum absolute atomic E-state index is 0.375. The summed E-state index contributed by atoms with van der Waals surface area (Å²) in [4.78, 5) is 2.36. The first-order chi connectivity index (χ1) is 5.66. The van der Waals surface area contributed by atoms with Crippen molar-refractivity contribution >= 4 is 0 Å². The highest BCUT2D eigenvalue weighted by molar-refractivity contribution is 4.91. The van der Waals surface area contributed by atoms with Crippen LogP contribution in [0, 0.1) is 5.92 Å².